The number of aromatic amines is 1. The lowest BCUT2D eigenvalue weighted by atomic mass is 10.2. The number of rotatable bonds is 7. The first-order valence-electron chi connectivity index (χ1n) is 8.12. The van der Waals surface area contributed by atoms with Crippen molar-refractivity contribution in [2.75, 3.05) is 0 Å². The Bertz CT molecular complexity index is 979. The van der Waals surface area contributed by atoms with Crippen molar-refractivity contribution >= 4 is 29.5 Å². The summed E-state index contributed by atoms with van der Waals surface area (Å²) in [6.45, 7) is 0.548. The molecule has 3 rings (SSSR count). The summed E-state index contributed by atoms with van der Waals surface area (Å²) >= 11 is 6.73. The zero-order valence-corrected chi connectivity index (χ0v) is 16.0. The Hall–Kier alpha value is -2.66. The summed E-state index contributed by atoms with van der Waals surface area (Å²) in [6.07, 6.45) is -4.55. The summed E-state index contributed by atoms with van der Waals surface area (Å²) in [7, 11) is 0. The predicted octanol–water partition coefficient (Wildman–Crippen LogP) is 4.27. The molecule has 0 fully saturated rings. The molecule has 0 radical (unpaired) electrons. The highest BCUT2D eigenvalue weighted by Crippen LogP contribution is 2.23. The van der Waals surface area contributed by atoms with E-state index in [4.69, 9.17) is 12.2 Å². The van der Waals surface area contributed by atoms with E-state index in [0.717, 1.165) is 4.88 Å². The van der Waals surface area contributed by atoms with Gasteiger partial charge in [-0.05, 0) is 41.4 Å². The van der Waals surface area contributed by atoms with Gasteiger partial charge < -0.3 is 10.1 Å². The largest absolute Gasteiger partial charge is 0.573 e. The van der Waals surface area contributed by atoms with Crippen LogP contribution in [-0.4, -0.2) is 27.0 Å². The maximum absolute atomic E-state index is 12.1. The Morgan fingerprint density at radius 1 is 1.29 bits per heavy atom. The average molecular weight is 428 g/mol. The summed E-state index contributed by atoms with van der Waals surface area (Å²) in [5, 5.41) is 11.6. The van der Waals surface area contributed by atoms with Gasteiger partial charge in [-0.3, -0.25) is 14.5 Å². The summed E-state index contributed by atoms with van der Waals surface area (Å²) in [6, 6.07) is 9.14. The number of nitrogens with zero attached hydrogens (tertiary/aromatic N) is 2. The van der Waals surface area contributed by atoms with Crippen LogP contribution < -0.4 is 10.1 Å². The van der Waals surface area contributed by atoms with Gasteiger partial charge in [-0.2, -0.15) is 5.10 Å². The number of H-pyrrole nitrogens is 1. The molecule has 1 amide bonds. The number of alkyl halides is 3. The van der Waals surface area contributed by atoms with Crippen molar-refractivity contribution in [3.63, 3.8) is 0 Å². The number of amides is 1. The van der Waals surface area contributed by atoms with Crippen LogP contribution in [-0.2, 0) is 17.9 Å². The van der Waals surface area contributed by atoms with Crippen LogP contribution in [0, 0.1) is 4.77 Å². The van der Waals surface area contributed by atoms with Gasteiger partial charge in [-0.15, -0.1) is 24.5 Å². The summed E-state index contributed by atoms with van der Waals surface area (Å²) < 4.78 is 42.4. The number of benzene rings is 1. The third-order valence-electron chi connectivity index (χ3n) is 3.71. The van der Waals surface area contributed by atoms with Crippen molar-refractivity contribution in [1.29, 1.82) is 0 Å². The number of halogens is 3. The number of nitrogens with one attached hydrogen (secondary N) is 2. The van der Waals surface area contributed by atoms with E-state index in [1.54, 1.807) is 4.57 Å². The van der Waals surface area contributed by atoms with Gasteiger partial charge in [-0.25, -0.2) is 0 Å². The van der Waals surface area contributed by atoms with Crippen LogP contribution in [0.4, 0.5) is 13.2 Å². The van der Waals surface area contributed by atoms with Crippen molar-refractivity contribution in [3.05, 3.63) is 52.1 Å². The molecule has 0 saturated carbocycles. The lowest BCUT2D eigenvalue weighted by Crippen LogP contribution is -2.24. The Kier molecular flexibility index (Phi) is 6.15. The normalized spacial score (nSPS) is 11.4. The molecule has 2 aromatic heterocycles. The fraction of sp³-hybridized carbons (Fsp3) is 0.235. The molecule has 0 aliphatic carbocycles. The van der Waals surface area contributed by atoms with Crippen molar-refractivity contribution in [2.24, 2.45) is 0 Å². The van der Waals surface area contributed by atoms with Gasteiger partial charge in [0, 0.05) is 19.5 Å². The molecule has 28 heavy (non-hydrogen) atoms. The van der Waals surface area contributed by atoms with Crippen molar-refractivity contribution in [2.45, 2.75) is 25.9 Å². The fourth-order valence-corrected chi connectivity index (χ4v) is 3.38. The van der Waals surface area contributed by atoms with E-state index < -0.39 is 6.36 Å². The number of carbonyl (C=O) groups excluding carboxylic acids is 1. The molecule has 0 bridgehead atoms. The van der Waals surface area contributed by atoms with Gasteiger partial charge in [-0.1, -0.05) is 18.2 Å². The highest BCUT2D eigenvalue weighted by molar-refractivity contribution is 7.71. The Labute approximate surface area is 167 Å². The number of hydrogen-bond acceptors (Lipinski definition) is 5. The highest BCUT2D eigenvalue weighted by Gasteiger charge is 2.30. The van der Waals surface area contributed by atoms with E-state index >= 15 is 0 Å². The van der Waals surface area contributed by atoms with E-state index in [0.29, 0.717) is 22.7 Å². The van der Waals surface area contributed by atoms with E-state index in [1.807, 2.05) is 17.5 Å². The predicted molar refractivity (Wildman–Crippen MR) is 100 cm³/mol. The molecule has 3 aromatic rings. The summed E-state index contributed by atoms with van der Waals surface area (Å²) in [4.78, 5) is 13.1. The first-order valence-corrected chi connectivity index (χ1v) is 9.41. The molecule has 0 aliphatic rings. The Morgan fingerprint density at radius 2 is 2.04 bits per heavy atom. The lowest BCUT2D eigenvalue weighted by molar-refractivity contribution is -0.274. The highest BCUT2D eigenvalue weighted by atomic mass is 32.1. The van der Waals surface area contributed by atoms with Crippen LogP contribution in [0.5, 0.6) is 5.75 Å². The lowest BCUT2D eigenvalue weighted by Gasteiger charge is -2.10. The Balaban J connectivity index is 1.52. The number of ether oxygens (including phenoxy) is 1. The molecule has 2 N–H and O–H groups in total. The van der Waals surface area contributed by atoms with Crippen LogP contribution in [0.1, 0.15) is 12.0 Å². The van der Waals surface area contributed by atoms with Crippen molar-refractivity contribution in [1.82, 2.24) is 20.1 Å². The molecule has 1 aromatic carbocycles. The van der Waals surface area contributed by atoms with Crippen LogP contribution in [0.25, 0.3) is 10.7 Å². The summed E-state index contributed by atoms with van der Waals surface area (Å²) in [5.41, 5.74) is 0.655. The van der Waals surface area contributed by atoms with E-state index in [-0.39, 0.29) is 24.6 Å². The zero-order chi connectivity index (χ0) is 20.1. The number of carbonyl (C=O) groups is 1. The molecule has 148 valence electrons. The minimum Gasteiger partial charge on any atom is -0.406 e. The van der Waals surface area contributed by atoms with Gasteiger partial charge in [0.1, 0.15) is 5.75 Å². The minimum atomic E-state index is -4.73. The monoisotopic (exact) mass is 428 g/mol. The molecule has 0 saturated heterocycles. The molecule has 11 heteroatoms. The standard InChI is InChI=1S/C17H15F3N4O2S2/c18-17(19,20)26-12-5-3-11(4-6-12)10-21-14(25)7-8-24-15(22-23-16(24)27)13-2-1-9-28-13/h1-6,9H,7-8,10H2,(H,21,25)(H,23,27). The molecule has 0 spiro atoms. The van der Waals surface area contributed by atoms with Gasteiger partial charge >= 0.3 is 6.36 Å². The van der Waals surface area contributed by atoms with Gasteiger partial charge in [0.05, 0.1) is 4.88 Å². The first-order chi connectivity index (χ1) is 13.3. The molecule has 0 unspecified atom stereocenters. The van der Waals surface area contributed by atoms with Gasteiger partial charge in [0.25, 0.3) is 0 Å². The molecular formula is C17H15F3N4O2S2. The summed E-state index contributed by atoms with van der Waals surface area (Å²) in [5.74, 6) is 0.155. The maximum atomic E-state index is 12.1. The second kappa shape index (κ2) is 8.57. The third-order valence-corrected chi connectivity index (χ3v) is 4.89. The molecule has 6 nitrogen and oxygen atoms in total. The fourth-order valence-electron chi connectivity index (χ4n) is 2.43. The minimum absolute atomic E-state index is 0.182. The molecular weight excluding hydrogens is 413 g/mol. The molecule has 2 heterocycles. The Morgan fingerprint density at radius 3 is 2.68 bits per heavy atom. The maximum Gasteiger partial charge on any atom is 0.573 e. The van der Waals surface area contributed by atoms with Crippen LogP contribution >= 0.6 is 23.6 Å². The second-order valence-corrected chi connectivity index (χ2v) is 7.03. The van der Waals surface area contributed by atoms with Gasteiger partial charge in [0.15, 0.2) is 10.6 Å². The van der Waals surface area contributed by atoms with Crippen LogP contribution in [0.15, 0.2) is 41.8 Å². The average Bonchev–Trinajstić information content (AvgIpc) is 3.27. The topological polar surface area (TPSA) is 71.9 Å². The zero-order valence-electron chi connectivity index (χ0n) is 14.3. The SMILES string of the molecule is O=C(CCn1c(-c2cccs2)n[nH]c1=S)NCc1ccc(OC(F)(F)F)cc1. The van der Waals surface area contributed by atoms with Crippen molar-refractivity contribution in [3.8, 4) is 16.5 Å². The van der Waals surface area contributed by atoms with Crippen LogP contribution in [0.3, 0.4) is 0 Å². The van der Waals surface area contributed by atoms with E-state index in [2.05, 4.69) is 20.3 Å². The number of hydrogen-bond donors (Lipinski definition) is 2. The van der Waals surface area contributed by atoms with E-state index in [1.165, 1.54) is 35.6 Å². The smallest absolute Gasteiger partial charge is 0.406 e. The second-order valence-electron chi connectivity index (χ2n) is 5.70. The molecule has 0 aliphatic heterocycles. The molecule has 0 atom stereocenters. The quantitative estimate of drug-likeness (QED) is 0.551. The third kappa shape index (κ3) is 5.42. The van der Waals surface area contributed by atoms with Crippen molar-refractivity contribution < 1.29 is 22.7 Å². The number of aromatic nitrogens is 3. The van der Waals surface area contributed by atoms with E-state index in [9.17, 15) is 18.0 Å². The first kappa shape index (κ1) is 20.1. The van der Waals surface area contributed by atoms with Crippen LogP contribution in [0.2, 0.25) is 0 Å². The number of thiophene rings is 1. The van der Waals surface area contributed by atoms with Gasteiger partial charge in [0.2, 0.25) is 5.91 Å².